The Bertz CT molecular complexity index is 213. The van der Waals surface area contributed by atoms with Gasteiger partial charge in [-0.1, -0.05) is 0 Å². The highest BCUT2D eigenvalue weighted by Crippen LogP contribution is 2.42. The van der Waals surface area contributed by atoms with Gasteiger partial charge in [0.1, 0.15) is 0 Å². The van der Waals surface area contributed by atoms with Crippen molar-refractivity contribution in [2.75, 3.05) is 13.0 Å². The molecule has 0 aromatic heterocycles. The van der Waals surface area contributed by atoms with Crippen molar-refractivity contribution in [3.05, 3.63) is 0 Å². The summed E-state index contributed by atoms with van der Waals surface area (Å²) < 4.78 is 40.1. The van der Waals surface area contributed by atoms with Gasteiger partial charge >= 0.3 is 13.2 Å². The molecule has 7 heteroatoms. The van der Waals surface area contributed by atoms with E-state index in [0.717, 1.165) is 6.92 Å². The Kier molecular flexibility index (Phi) is 3.13. The quantitative estimate of drug-likeness (QED) is 0.513. The average molecular weight is 211 g/mol. The standard InChI is InChI=1S/C7H13BF3NO2/c1-6(9)3-2-4-12(5-8(13)14)7(6,10)11/h13-14H,2-5H2,1H3/t6-/m0/s1. The number of halogens is 3. The summed E-state index contributed by atoms with van der Waals surface area (Å²) in [6.45, 7) is 0.813. The lowest BCUT2D eigenvalue weighted by molar-refractivity contribution is -0.246. The van der Waals surface area contributed by atoms with Gasteiger partial charge in [0, 0.05) is 13.0 Å². The first kappa shape index (κ1) is 11.8. The van der Waals surface area contributed by atoms with E-state index in [9.17, 15) is 13.2 Å². The SMILES string of the molecule is C[C@]1(F)CCCN(CB(O)O)C1(F)F. The Morgan fingerprint density at radius 3 is 2.43 bits per heavy atom. The maximum absolute atomic E-state index is 13.4. The third-order valence-corrected chi connectivity index (χ3v) is 2.48. The molecule has 1 atom stereocenters. The van der Waals surface area contributed by atoms with Gasteiger partial charge in [0.05, 0.1) is 0 Å². The second-order valence-corrected chi connectivity index (χ2v) is 3.77. The van der Waals surface area contributed by atoms with Crippen molar-refractivity contribution in [1.29, 1.82) is 0 Å². The molecule has 0 aliphatic carbocycles. The maximum atomic E-state index is 13.4. The predicted octanol–water partition coefficient (Wildman–Crippen LogP) is 0.415. The van der Waals surface area contributed by atoms with Crippen molar-refractivity contribution in [2.24, 2.45) is 0 Å². The third kappa shape index (κ3) is 2.04. The van der Waals surface area contributed by atoms with Crippen molar-refractivity contribution in [3.63, 3.8) is 0 Å². The maximum Gasteiger partial charge on any atom is 0.466 e. The van der Waals surface area contributed by atoms with Crippen LogP contribution in [-0.4, -0.2) is 46.8 Å². The van der Waals surface area contributed by atoms with Gasteiger partial charge in [-0.2, -0.15) is 8.78 Å². The van der Waals surface area contributed by atoms with Crippen LogP contribution in [0, 0.1) is 0 Å². The minimum Gasteiger partial charge on any atom is -0.426 e. The van der Waals surface area contributed by atoms with Crippen LogP contribution in [-0.2, 0) is 0 Å². The molecule has 0 bridgehead atoms. The molecule has 1 aliphatic rings. The first-order chi connectivity index (χ1) is 6.27. The van der Waals surface area contributed by atoms with Gasteiger partial charge in [-0.05, 0) is 19.8 Å². The van der Waals surface area contributed by atoms with E-state index >= 15 is 0 Å². The molecule has 0 spiro atoms. The molecule has 1 fully saturated rings. The van der Waals surface area contributed by atoms with Gasteiger partial charge in [-0.25, -0.2) is 9.29 Å². The van der Waals surface area contributed by atoms with Gasteiger partial charge in [0.15, 0.2) is 5.67 Å². The Labute approximate surface area is 80.7 Å². The van der Waals surface area contributed by atoms with Crippen molar-refractivity contribution >= 4 is 7.12 Å². The topological polar surface area (TPSA) is 43.7 Å². The molecule has 1 aliphatic heterocycles. The van der Waals surface area contributed by atoms with Gasteiger partial charge in [0.2, 0.25) is 0 Å². The van der Waals surface area contributed by atoms with E-state index in [0.29, 0.717) is 4.90 Å². The molecule has 1 rings (SSSR count). The molecule has 0 saturated carbocycles. The Morgan fingerprint density at radius 1 is 1.36 bits per heavy atom. The molecule has 0 unspecified atom stereocenters. The number of alkyl halides is 3. The number of hydrogen-bond donors (Lipinski definition) is 2. The highest BCUT2D eigenvalue weighted by Gasteiger charge is 2.57. The Hall–Kier alpha value is -0.265. The summed E-state index contributed by atoms with van der Waals surface area (Å²) in [5.74, 6) is 0. The molecule has 0 aromatic carbocycles. The second-order valence-electron chi connectivity index (χ2n) is 3.77. The predicted molar refractivity (Wildman–Crippen MR) is 45.5 cm³/mol. The molecule has 2 N–H and O–H groups in total. The van der Waals surface area contributed by atoms with Crippen molar-refractivity contribution in [1.82, 2.24) is 4.90 Å². The van der Waals surface area contributed by atoms with E-state index < -0.39 is 25.3 Å². The van der Waals surface area contributed by atoms with Crippen LogP contribution in [0.3, 0.4) is 0 Å². The highest BCUT2D eigenvalue weighted by molar-refractivity contribution is 6.41. The number of hydrogen-bond acceptors (Lipinski definition) is 3. The fraction of sp³-hybridized carbons (Fsp3) is 1.00. The number of rotatable bonds is 2. The molecular formula is C7H13BF3NO2. The van der Waals surface area contributed by atoms with E-state index in [1.54, 1.807) is 0 Å². The summed E-state index contributed by atoms with van der Waals surface area (Å²) in [6, 6.07) is -3.63. The van der Waals surface area contributed by atoms with Gasteiger partial charge in [-0.15, -0.1) is 0 Å². The second kappa shape index (κ2) is 3.71. The first-order valence-electron chi connectivity index (χ1n) is 4.45. The van der Waals surface area contributed by atoms with Crippen LogP contribution in [0.5, 0.6) is 0 Å². The molecule has 1 heterocycles. The highest BCUT2D eigenvalue weighted by atomic mass is 19.3. The van der Waals surface area contributed by atoms with Gasteiger partial charge < -0.3 is 10.0 Å². The molecule has 0 aromatic rings. The lowest BCUT2D eigenvalue weighted by Crippen LogP contribution is -2.60. The van der Waals surface area contributed by atoms with Gasteiger partial charge in [0.25, 0.3) is 0 Å². The van der Waals surface area contributed by atoms with Crippen molar-refractivity contribution in [2.45, 2.75) is 31.5 Å². The molecule has 3 nitrogen and oxygen atoms in total. The normalized spacial score (nSPS) is 33.0. The van der Waals surface area contributed by atoms with Crippen LogP contribution < -0.4 is 0 Å². The number of nitrogens with zero attached hydrogens (tertiary/aromatic N) is 1. The van der Waals surface area contributed by atoms with E-state index in [1.807, 2.05) is 0 Å². The molecule has 82 valence electrons. The van der Waals surface area contributed by atoms with Crippen LogP contribution in [0.15, 0.2) is 0 Å². The van der Waals surface area contributed by atoms with E-state index in [-0.39, 0.29) is 19.4 Å². The lowest BCUT2D eigenvalue weighted by Gasteiger charge is -2.42. The van der Waals surface area contributed by atoms with Crippen LogP contribution >= 0.6 is 0 Å². The zero-order valence-corrected chi connectivity index (χ0v) is 7.88. The minimum atomic E-state index is -3.63. The molecule has 14 heavy (non-hydrogen) atoms. The summed E-state index contributed by atoms with van der Waals surface area (Å²) in [5.41, 5.74) is -2.60. The fourth-order valence-corrected chi connectivity index (χ4v) is 1.63. The average Bonchev–Trinajstić information content (AvgIpc) is 1.98. The number of likely N-dealkylation sites (tertiary alicyclic amines) is 1. The summed E-state index contributed by atoms with van der Waals surface area (Å²) in [6.07, 6.45) is -0.556. The smallest absolute Gasteiger partial charge is 0.426 e. The lowest BCUT2D eigenvalue weighted by atomic mass is 9.86. The van der Waals surface area contributed by atoms with Gasteiger partial charge in [-0.3, -0.25) is 0 Å². The zero-order valence-electron chi connectivity index (χ0n) is 7.88. The summed E-state index contributed by atoms with van der Waals surface area (Å²) in [5, 5.41) is 17.1. The van der Waals surface area contributed by atoms with Crippen molar-refractivity contribution in [3.8, 4) is 0 Å². The third-order valence-electron chi connectivity index (χ3n) is 2.48. The monoisotopic (exact) mass is 211 g/mol. The largest absolute Gasteiger partial charge is 0.466 e. The van der Waals surface area contributed by atoms with Crippen LogP contribution in [0.1, 0.15) is 19.8 Å². The molecular weight excluding hydrogens is 198 g/mol. The Morgan fingerprint density at radius 2 is 1.93 bits per heavy atom. The van der Waals surface area contributed by atoms with Crippen LogP contribution in [0.2, 0.25) is 0 Å². The fourth-order valence-electron chi connectivity index (χ4n) is 1.63. The molecule has 0 radical (unpaired) electrons. The summed E-state index contributed by atoms with van der Waals surface area (Å²) in [7, 11) is -1.87. The van der Waals surface area contributed by atoms with Crippen LogP contribution in [0.25, 0.3) is 0 Å². The first-order valence-corrected chi connectivity index (χ1v) is 4.45. The van der Waals surface area contributed by atoms with Crippen LogP contribution in [0.4, 0.5) is 13.2 Å². The molecule has 0 amide bonds. The molecule has 1 saturated heterocycles. The van der Waals surface area contributed by atoms with E-state index in [4.69, 9.17) is 10.0 Å². The summed E-state index contributed by atoms with van der Waals surface area (Å²) in [4.78, 5) is 0.473. The Balaban J connectivity index is 2.76. The summed E-state index contributed by atoms with van der Waals surface area (Å²) >= 11 is 0. The van der Waals surface area contributed by atoms with E-state index in [2.05, 4.69) is 0 Å². The minimum absolute atomic E-state index is 0.0237. The van der Waals surface area contributed by atoms with E-state index in [1.165, 1.54) is 0 Å². The van der Waals surface area contributed by atoms with Crippen molar-refractivity contribution < 1.29 is 23.2 Å². The number of piperidine rings is 1. The zero-order chi connectivity index (χ0) is 11.0.